The van der Waals surface area contributed by atoms with E-state index in [1.165, 1.54) is 25.7 Å². The lowest BCUT2D eigenvalue weighted by Gasteiger charge is -2.39. The highest BCUT2D eigenvalue weighted by Gasteiger charge is 2.32. The zero-order valence-electron chi connectivity index (χ0n) is 12.2. The maximum absolute atomic E-state index is 5.76. The maximum atomic E-state index is 5.76. The van der Waals surface area contributed by atoms with E-state index in [2.05, 4.69) is 34.4 Å². The average Bonchev–Trinajstić information content (AvgIpc) is 2.31. The number of hydrogen-bond acceptors (Lipinski definition) is 5. The first-order valence-corrected chi connectivity index (χ1v) is 7.16. The zero-order chi connectivity index (χ0) is 13.9. The molecular formula is C14H25N5. The zero-order valence-corrected chi connectivity index (χ0v) is 12.2. The second-order valence-electron chi connectivity index (χ2n) is 5.96. The van der Waals surface area contributed by atoms with Crippen molar-refractivity contribution in [3.63, 3.8) is 0 Å². The van der Waals surface area contributed by atoms with Crippen molar-refractivity contribution in [2.45, 2.75) is 52.5 Å². The SMILES string of the molecule is CCNc1cc(NC2CCCCC2(C)C)nc(N)n1. The van der Waals surface area contributed by atoms with E-state index in [1.807, 2.05) is 13.0 Å². The van der Waals surface area contributed by atoms with Crippen molar-refractivity contribution in [1.29, 1.82) is 0 Å². The highest BCUT2D eigenvalue weighted by atomic mass is 15.1. The Bertz CT molecular complexity index is 430. The Labute approximate surface area is 115 Å². The van der Waals surface area contributed by atoms with E-state index in [4.69, 9.17) is 5.73 Å². The van der Waals surface area contributed by atoms with Crippen LogP contribution in [0.3, 0.4) is 0 Å². The summed E-state index contributed by atoms with van der Waals surface area (Å²) in [6.45, 7) is 7.50. The quantitative estimate of drug-likeness (QED) is 0.778. The van der Waals surface area contributed by atoms with Gasteiger partial charge in [-0.3, -0.25) is 0 Å². The number of nitrogen functional groups attached to an aromatic ring is 1. The summed E-state index contributed by atoms with van der Waals surface area (Å²) in [6, 6.07) is 2.38. The number of nitrogens with zero attached hydrogens (tertiary/aromatic N) is 2. The van der Waals surface area contributed by atoms with E-state index in [1.54, 1.807) is 0 Å². The monoisotopic (exact) mass is 263 g/mol. The van der Waals surface area contributed by atoms with E-state index >= 15 is 0 Å². The summed E-state index contributed by atoms with van der Waals surface area (Å²) in [5.74, 6) is 1.92. The van der Waals surface area contributed by atoms with Crippen LogP contribution in [0.5, 0.6) is 0 Å². The van der Waals surface area contributed by atoms with Crippen molar-refractivity contribution < 1.29 is 0 Å². The van der Waals surface area contributed by atoms with Gasteiger partial charge in [0.15, 0.2) is 0 Å². The fraction of sp³-hybridized carbons (Fsp3) is 0.714. The molecule has 0 aromatic carbocycles. The van der Waals surface area contributed by atoms with Gasteiger partial charge < -0.3 is 16.4 Å². The molecule has 1 unspecified atom stereocenters. The number of hydrogen-bond donors (Lipinski definition) is 3. The van der Waals surface area contributed by atoms with Crippen LogP contribution in [0, 0.1) is 5.41 Å². The molecular weight excluding hydrogens is 238 g/mol. The minimum absolute atomic E-state index is 0.302. The van der Waals surface area contributed by atoms with Gasteiger partial charge in [-0.05, 0) is 25.2 Å². The van der Waals surface area contributed by atoms with E-state index in [0.717, 1.165) is 18.2 Å². The molecule has 0 aliphatic heterocycles. The second kappa shape index (κ2) is 5.63. The largest absolute Gasteiger partial charge is 0.370 e. The van der Waals surface area contributed by atoms with Crippen LogP contribution in [-0.4, -0.2) is 22.6 Å². The van der Waals surface area contributed by atoms with Gasteiger partial charge in [-0.15, -0.1) is 0 Å². The molecule has 1 fully saturated rings. The highest BCUT2D eigenvalue weighted by molar-refractivity contribution is 5.51. The molecule has 0 spiro atoms. The van der Waals surface area contributed by atoms with Gasteiger partial charge in [-0.25, -0.2) is 0 Å². The topological polar surface area (TPSA) is 75.9 Å². The lowest BCUT2D eigenvalue weighted by Crippen LogP contribution is -2.39. The predicted octanol–water partition coefficient (Wildman–Crippen LogP) is 2.87. The Hall–Kier alpha value is -1.52. The summed E-state index contributed by atoms with van der Waals surface area (Å²) in [5, 5.41) is 6.72. The molecule has 4 N–H and O–H groups in total. The fourth-order valence-corrected chi connectivity index (χ4v) is 2.75. The Kier molecular flexibility index (Phi) is 4.12. The van der Waals surface area contributed by atoms with Gasteiger partial charge in [0.2, 0.25) is 5.95 Å². The van der Waals surface area contributed by atoms with Crippen LogP contribution in [0.2, 0.25) is 0 Å². The molecule has 2 rings (SSSR count). The van der Waals surface area contributed by atoms with Crippen molar-refractivity contribution in [3.8, 4) is 0 Å². The van der Waals surface area contributed by atoms with Gasteiger partial charge in [0.25, 0.3) is 0 Å². The molecule has 0 amide bonds. The first-order chi connectivity index (χ1) is 9.01. The smallest absolute Gasteiger partial charge is 0.223 e. The highest BCUT2D eigenvalue weighted by Crippen LogP contribution is 2.37. The molecule has 1 saturated carbocycles. The van der Waals surface area contributed by atoms with Crippen LogP contribution in [0.1, 0.15) is 46.5 Å². The van der Waals surface area contributed by atoms with Crippen LogP contribution in [-0.2, 0) is 0 Å². The molecule has 1 aromatic rings. The van der Waals surface area contributed by atoms with Gasteiger partial charge in [0.05, 0.1) is 0 Å². The molecule has 1 heterocycles. The third kappa shape index (κ3) is 3.49. The van der Waals surface area contributed by atoms with Crippen LogP contribution in [0.15, 0.2) is 6.07 Å². The van der Waals surface area contributed by atoms with Gasteiger partial charge in [-0.1, -0.05) is 26.7 Å². The first kappa shape index (κ1) is 13.9. The Balaban J connectivity index is 2.13. The third-order valence-electron chi connectivity index (χ3n) is 3.93. The van der Waals surface area contributed by atoms with E-state index < -0.39 is 0 Å². The molecule has 106 valence electrons. The number of aromatic nitrogens is 2. The molecule has 5 nitrogen and oxygen atoms in total. The van der Waals surface area contributed by atoms with E-state index in [-0.39, 0.29) is 0 Å². The van der Waals surface area contributed by atoms with Crippen molar-refractivity contribution in [1.82, 2.24) is 9.97 Å². The van der Waals surface area contributed by atoms with Gasteiger partial charge in [-0.2, -0.15) is 9.97 Å². The molecule has 0 saturated heterocycles. The van der Waals surface area contributed by atoms with Crippen molar-refractivity contribution in [2.24, 2.45) is 5.41 Å². The standard InChI is InChI=1S/C14H25N5/c1-4-16-11-9-12(19-13(15)18-11)17-10-7-5-6-8-14(10,2)3/h9-10H,4-8H2,1-3H3,(H4,15,16,17,18,19). The molecule has 19 heavy (non-hydrogen) atoms. The summed E-state index contributed by atoms with van der Waals surface area (Å²) < 4.78 is 0. The molecule has 1 atom stereocenters. The van der Waals surface area contributed by atoms with Crippen LogP contribution >= 0.6 is 0 Å². The van der Waals surface area contributed by atoms with Gasteiger partial charge in [0, 0.05) is 18.7 Å². The van der Waals surface area contributed by atoms with Crippen LogP contribution in [0.25, 0.3) is 0 Å². The minimum atomic E-state index is 0.302. The summed E-state index contributed by atoms with van der Waals surface area (Å²) in [6.07, 6.45) is 5.04. The average molecular weight is 263 g/mol. The van der Waals surface area contributed by atoms with Crippen molar-refractivity contribution >= 4 is 17.6 Å². The van der Waals surface area contributed by atoms with Crippen molar-refractivity contribution in [2.75, 3.05) is 22.9 Å². The molecule has 0 bridgehead atoms. The number of anilines is 3. The van der Waals surface area contributed by atoms with Crippen LogP contribution < -0.4 is 16.4 Å². The lowest BCUT2D eigenvalue weighted by molar-refractivity contribution is 0.216. The Morgan fingerprint density at radius 1 is 1.32 bits per heavy atom. The summed E-state index contributed by atoms with van der Waals surface area (Å²) in [4.78, 5) is 8.46. The molecule has 1 aliphatic rings. The molecule has 1 aliphatic carbocycles. The van der Waals surface area contributed by atoms with E-state index in [9.17, 15) is 0 Å². The summed E-state index contributed by atoms with van der Waals surface area (Å²) in [5.41, 5.74) is 6.06. The summed E-state index contributed by atoms with van der Waals surface area (Å²) in [7, 11) is 0. The van der Waals surface area contributed by atoms with Crippen molar-refractivity contribution in [3.05, 3.63) is 6.07 Å². The number of nitrogens with two attached hydrogens (primary N) is 1. The number of rotatable bonds is 4. The first-order valence-electron chi connectivity index (χ1n) is 7.16. The van der Waals surface area contributed by atoms with Gasteiger partial charge >= 0.3 is 0 Å². The summed E-state index contributed by atoms with van der Waals surface area (Å²) >= 11 is 0. The van der Waals surface area contributed by atoms with Crippen LogP contribution in [0.4, 0.5) is 17.6 Å². The number of nitrogens with one attached hydrogen (secondary N) is 2. The normalized spacial score (nSPS) is 21.9. The molecule has 5 heteroatoms. The van der Waals surface area contributed by atoms with Gasteiger partial charge in [0.1, 0.15) is 11.6 Å². The second-order valence-corrected chi connectivity index (χ2v) is 5.96. The lowest BCUT2D eigenvalue weighted by atomic mass is 9.73. The fourth-order valence-electron chi connectivity index (χ4n) is 2.75. The maximum Gasteiger partial charge on any atom is 0.223 e. The predicted molar refractivity (Wildman–Crippen MR) is 80.3 cm³/mol. The Morgan fingerprint density at radius 3 is 2.74 bits per heavy atom. The Morgan fingerprint density at radius 2 is 2.05 bits per heavy atom. The van der Waals surface area contributed by atoms with E-state index in [0.29, 0.717) is 17.4 Å². The molecule has 0 radical (unpaired) electrons. The third-order valence-corrected chi connectivity index (χ3v) is 3.93. The minimum Gasteiger partial charge on any atom is -0.370 e. The molecule has 1 aromatic heterocycles.